The highest BCUT2D eigenvalue weighted by atomic mass is 15.2. The Morgan fingerprint density at radius 1 is 1.25 bits per heavy atom. The van der Waals surface area contributed by atoms with Gasteiger partial charge in [-0.3, -0.25) is 4.90 Å². The highest BCUT2D eigenvalue weighted by molar-refractivity contribution is 4.80. The first-order valence-electron chi connectivity index (χ1n) is 5.14. The van der Waals surface area contributed by atoms with E-state index in [1.54, 1.807) is 0 Å². The van der Waals surface area contributed by atoms with Crippen LogP contribution in [0.2, 0.25) is 0 Å². The van der Waals surface area contributed by atoms with Gasteiger partial charge < -0.3 is 0 Å². The number of nitrogens with zero attached hydrogens (tertiary/aromatic N) is 1. The molecule has 0 aliphatic rings. The van der Waals surface area contributed by atoms with Crippen molar-refractivity contribution in [3.8, 4) is 0 Å². The van der Waals surface area contributed by atoms with Gasteiger partial charge in [-0.2, -0.15) is 0 Å². The second-order valence-electron chi connectivity index (χ2n) is 4.62. The number of rotatable bonds is 5. The molecule has 0 N–H and O–H groups in total. The molecular weight excluding hydrogens is 146 g/mol. The van der Waals surface area contributed by atoms with E-state index >= 15 is 0 Å². The summed E-state index contributed by atoms with van der Waals surface area (Å²) in [6.07, 6.45) is 3.94. The van der Waals surface area contributed by atoms with Crippen LogP contribution in [0.25, 0.3) is 0 Å². The highest BCUT2D eigenvalue weighted by Gasteiger charge is 2.24. The van der Waals surface area contributed by atoms with Crippen molar-refractivity contribution in [2.45, 2.75) is 65.5 Å². The predicted octanol–water partition coefficient (Wildman–Crippen LogP) is 3.30. The Labute approximate surface area is 78.1 Å². The van der Waals surface area contributed by atoms with Crippen molar-refractivity contribution >= 4 is 0 Å². The molecule has 0 aliphatic carbocycles. The van der Waals surface area contributed by atoms with E-state index in [2.05, 4.69) is 46.6 Å². The predicted molar refractivity (Wildman–Crippen MR) is 56.5 cm³/mol. The van der Waals surface area contributed by atoms with Crippen molar-refractivity contribution in [2.24, 2.45) is 0 Å². The van der Waals surface area contributed by atoms with Crippen LogP contribution in [0.3, 0.4) is 0 Å². The minimum absolute atomic E-state index is 0.365. The van der Waals surface area contributed by atoms with E-state index < -0.39 is 0 Å². The van der Waals surface area contributed by atoms with Gasteiger partial charge in [0, 0.05) is 11.6 Å². The number of hydrogen-bond acceptors (Lipinski definition) is 1. The SMILES string of the molecule is CCCCC(C)(C)N(C)C(C)C. The minimum atomic E-state index is 0.365. The maximum absolute atomic E-state index is 2.46. The van der Waals surface area contributed by atoms with Crippen molar-refractivity contribution in [3.05, 3.63) is 0 Å². The van der Waals surface area contributed by atoms with Crippen LogP contribution in [-0.4, -0.2) is 23.5 Å². The lowest BCUT2D eigenvalue weighted by Gasteiger charge is -2.38. The van der Waals surface area contributed by atoms with Crippen LogP contribution in [0.15, 0.2) is 0 Å². The van der Waals surface area contributed by atoms with E-state index in [4.69, 9.17) is 0 Å². The van der Waals surface area contributed by atoms with E-state index in [-0.39, 0.29) is 0 Å². The lowest BCUT2D eigenvalue weighted by molar-refractivity contribution is 0.107. The molecule has 1 nitrogen and oxygen atoms in total. The second kappa shape index (κ2) is 4.86. The molecular formula is C11H25N. The third kappa shape index (κ3) is 3.57. The van der Waals surface area contributed by atoms with Crippen LogP contribution in [-0.2, 0) is 0 Å². The standard InChI is InChI=1S/C11H25N/c1-7-8-9-11(4,5)12(6)10(2)3/h10H,7-9H2,1-6H3. The largest absolute Gasteiger partial charge is 0.299 e. The topological polar surface area (TPSA) is 3.24 Å². The average Bonchev–Trinajstić information content (AvgIpc) is 1.99. The van der Waals surface area contributed by atoms with Gasteiger partial charge in [-0.05, 0) is 41.2 Å². The summed E-state index contributed by atoms with van der Waals surface area (Å²) in [6.45, 7) is 11.4. The van der Waals surface area contributed by atoms with Crippen LogP contribution >= 0.6 is 0 Å². The molecule has 12 heavy (non-hydrogen) atoms. The summed E-state index contributed by atoms with van der Waals surface area (Å²) in [6, 6.07) is 0.650. The van der Waals surface area contributed by atoms with E-state index in [1.807, 2.05) is 0 Å². The maximum atomic E-state index is 2.46. The maximum Gasteiger partial charge on any atom is 0.0152 e. The molecule has 74 valence electrons. The van der Waals surface area contributed by atoms with Crippen molar-refractivity contribution < 1.29 is 0 Å². The zero-order valence-corrected chi connectivity index (χ0v) is 9.65. The van der Waals surface area contributed by atoms with Gasteiger partial charge in [0.15, 0.2) is 0 Å². The van der Waals surface area contributed by atoms with Gasteiger partial charge in [-0.15, -0.1) is 0 Å². The van der Waals surface area contributed by atoms with E-state index in [9.17, 15) is 0 Å². The molecule has 0 bridgehead atoms. The fourth-order valence-corrected chi connectivity index (χ4v) is 1.48. The molecule has 1 heteroatoms. The van der Waals surface area contributed by atoms with Crippen LogP contribution in [0.4, 0.5) is 0 Å². The fraction of sp³-hybridized carbons (Fsp3) is 1.00. The molecule has 0 radical (unpaired) electrons. The molecule has 0 aromatic heterocycles. The summed E-state index contributed by atoms with van der Waals surface area (Å²) < 4.78 is 0. The Morgan fingerprint density at radius 3 is 2.08 bits per heavy atom. The van der Waals surface area contributed by atoms with Crippen molar-refractivity contribution in [3.63, 3.8) is 0 Å². The normalized spacial score (nSPS) is 13.0. The van der Waals surface area contributed by atoms with Gasteiger partial charge in [0.05, 0.1) is 0 Å². The molecule has 0 unspecified atom stereocenters. The summed E-state index contributed by atoms with van der Waals surface area (Å²) in [7, 11) is 2.22. The third-order valence-electron chi connectivity index (χ3n) is 2.87. The molecule has 0 aromatic carbocycles. The molecule has 0 atom stereocenters. The summed E-state index contributed by atoms with van der Waals surface area (Å²) >= 11 is 0. The number of unbranched alkanes of at least 4 members (excludes halogenated alkanes) is 1. The van der Waals surface area contributed by atoms with E-state index in [0.29, 0.717) is 11.6 Å². The van der Waals surface area contributed by atoms with Gasteiger partial charge in [-0.25, -0.2) is 0 Å². The van der Waals surface area contributed by atoms with Crippen molar-refractivity contribution in [1.29, 1.82) is 0 Å². The van der Waals surface area contributed by atoms with Crippen molar-refractivity contribution in [1.82, 2.24) is 4.90 Å². The lowest BCUT2D eigenvalue weighted by Crippen LogP contribution is -2.45. The Hall–Kier alpha value is -0.0400. The molecule has 0 aromatic rings. The fourth-order valence-electron chi connectivity index (χ4n) is 1.48. The first-order chi connectivity index (χ1) is 5.41. The van der Waals surface area contributed by atoms with Gasteiger partial charge in [-0.1, -0.05) is 19.8 Å². The molecule has 0 amide bonds. The molecule has 0 spiro atoms. The number of hydrogen-bond donors (Lipinski definition) is 0. The molecule has 0 rings (SSSR count). The Morgan fingerprint density at radius 2 is 1.75 bits per heavy atom. The lowest BCUT2D eigenvalue weighted by atomic mass is 9.94. The monoisotopic (exact) mass is 171 g/mol. The zero-order chi connectivity index (χ0) is 9.78. The van der Waals surface area contributed by atoms with Gasteiger partial charge in [0.1, 0.15) is 0 Å². The van der Waals surface area contributed by atoms with E-state index in [0.717, 1.165) is 0 Å². The molecule has 0 heterocycles. The molecule has 0 aliphatic heterocycles. The molecule has 0 saturated carbocycles. The summed E-state index contributed by atoms with van der Waals surface area (Å²) in [4.78, 5) is 2.46. The second-order valence-corrected chi connectivity index (χ2v) is 4.62. The van der Waals surface area contributed by atoms with Gasteiger partial charge >= 0.3 is 0 Å². The Bertz CT molecular complexity index is 116. The van der Waals surface area contributed by atoms with Crippen molar-refractivity contribution in [2.75, 3.05) is 7.05 Å². The summed E-state index contributed by atoms with van der Waals surface area (Å²) in [5.41, 5.74) is 0.365. The third-order valence-corrected chi connectivity index (χ3v) is 2.87. The van der Waals surface area contributed by atoms with Crippen LogP contribution in [0.5, 0.6) is 0 Å². The first-order valence-corrected chi connectivity index (χ1v) is 5.14. The van der Waals surface area contributed by atoms with E-state index in [1.165, 1.54) is 19.3 Å². The quantitative estimate of drug-likeness (QED) is 0.613. The highest BCUT2D eigenvalue weighted by Crippen LogP contribution is 2.21. The molecule has 0 fully saturated rings. The molecule has 0 saturated heterocycles. The Balaban J connectivity index is 3.99. The van der Waals surface area contributed by atoms with Gasteiger partial charge in [0.2, 0.25) is 0 Å². The minimum Gasteiger partial charge on any atom is -0.299 e. The average molecular weight is 171 g/mol. The van der Waals surface area contributed by atoms with Crippen LogP contribution < -0.4 is 0 Å². The van der Waals surface area contributed by atoms with Crippen LogP contribution in [0.1, 0.15) is 53.9 Å². The summed E-state index contributed by atoms with van der Waals surface area (Å²) in [5.74, 6) is 0. The van der Waals surface area contributed by atoms with Crippen LogP contribution in [0, 0.1) is 0 Å². The smallest absolute Gasteiger partial charge is 0.0152 e. The zero-order valence-electron chi connectivity index (χ0n) is 9.65. The Kier molecular flexibility index (Phi) is 4.84. The summed E-state index contributed by atoms with van der Waals surface area (Å²) in [5, 5.41) is 0. The first kappa shape index (κ1) is 12.0. The van der Waals surface area contributed by atoms with Gasteiger partial charge in [0.25, 0.3) is 0 Å².